The van der Waals surface area contributed by atoms with Crippen molar-refractivity contribution in [3.05, 3.63) is 95.1 Å². The second kappa shape index (κ2) is 9.55. The maximum absolute atomic E-state index is 13.1. The van der Waals surface area contributed by atoms with Crippen LogP contribution in [0.25, 0.3) is 6.08 Å². The Labute approximate surface area is 203 Å². The van der Waals surface area contributed by atoms with Crippen LogP contribution >= 0.6 is 0 Å². The van der Waals surface area contributed by atoms with Crippen LogP contribution in [0.15, 0.2) is 83.3 Å². The Bertz CT molecular complexity index is 1440. The van der Waals surface area contributed by atoms with Gasteiger partial charge in [0.1, 0.15) is 16.2 Å². The number of amides is 4. The van der Waals surface area contributed by atoms with Crippen molar-refractivity contribution in [3.63, 3.8) is 0 Å². The smallest absolute Gasteiger partial charge is 0.339 e. The number of barbiturate groups is 1. The number of hydrogen-bond donors (Lipinski definition) is 1. The number of aryl methyl sites for hydroxylation is 2. The minimum atomic E-state index is -4.08. The van der Waals surface area contributed by atoms with Crippen LogP contribution in [0.4, 0.5) is 10.5 Å². The number of carbonyl (C=O) groups is 3. The summed E-state index contributed by atoms with van der Waals surface area (Å²) in [5.41, 5.74) is 2.33. The highest BCUT2D eigenvalue weighted by Crippen LogP contribution is 2.25. The molecule has 1 saturated heterocycles. The first kappa shape index (κ1) is 23.9. The second-order valence-electron chi connectivity index (χ2n) is 7.90. The minimum absolute atomic E-state index is 0.00283. The van der Waals surface area contributed by atoms with E-state index in [-0.39, 0.29) is 16.2 Å². The van der Waals surface area contributed by atoms with Gasteiger partial charge in [-0.05, 0) is 66.9 Å². The molecule has 3 aromatic carbocycles. The van der Waals surface area contributed by atoms with Gasteiger partial charge in [-0.3, -0.25) is 14.9 Å². The van der Waals surface area contributed by atoms with Crippen molar-refractivity contribution in [2.75, 3.05) is 4.90 Å². The molecule has 0 aromatic heterocycles. The van der Waals surface area contributed by atoms with Crippen molar-refractivity contribution in [2.24, 2.45) is 0 Å². The third kappa shape index (κ3) is 5.15. The Kier molecular flexibility index (Phi) is 6.52. The molecule has 1 heterocycles. The Hall–Kier alpha value is -4.24. The zero-order valence-electron chi connectivity index (χ0n) is 19.0. The summed E-state index contributed by atoms with van der Waals surface area (Å²) in [6, 6.07) is 18.2. The van der Waals surface area contributed by atoms with Gasteiger partial charge in [0.15, 0.2) is 0 Å². The number of urea groups is 1. The summed E-state index contributed by atoms with van der Waals surface area (Å²) in [6.07, 6.45) is 2.07. The average Bonchev–Trinajstić information content (AvgIpc) is 2.82. The van der Waals surface area contributed by atoms with Crippen LogP contribution in [0.3, 0.4) is 0 Å². The molecule has 0 unspecified atom stereocenters. The molecule has 0 bridgehead atoms. The molecule has 178 valence electrons. The van der Waals surface area contributed by atoms with E-state index in [4.69, 9.17) is 4.18 Å². The molecule has 9 heteroatoms. The number of rotatable bonds is 6. The molecule has 35 heavy (non-hydrogen) atoms. The number of hydrogen-bond acceptors (Lipinski definition) is 6. The van der Waals surface area contributed by atoms with E-state index in [1.165, 1.54) is 36.4 Å². The number of nitrogens with one attached hydrogen (secondary N) is 1. The van der Waals surface area contributed by atoms with Crippen LogP contribution in [0, 0.1) is 6.92 Å². The summed E-state index contributed by atoms with van der Waals surface area (Å²) in [5.74, 6) is -1.63. The Morgan fingerprint density at radius 1 is 0.943 bits per heavy atom. The standard InChI is InChI=1S/C26H22N2O6S/c1-3-18-9-11-20(12-10-18)28-25(30)23(24(29)27-26(28)31)16-19-5-4-6-21(15-19)34-35(32,33)22-13-7-17(2)8-14-22/h4-16H,3H2,1-2H3,(H,27,29,31)/b23-16-. The molecule has 8 nitrogen and oxygen atoms in total. The molecular weight excluding hydrogens is 468 g/mol. The number of carbonyl (C=O) groups excluding carboxylic acids is 3. The van der Waals surface area contributed by atoms with Crippen LogP contribution in [0.1, 0.15) is 23.6 Å². The molecule has 0 aliphatic carbocycles. The normalized spacial score (nSPS) is 15.3. The van der Waals surface area contributed by atoms with Crippen LogP contribution in [0.5, 0.6) is 5.75 Å². The number of imide groups is 2. The fourth-order valence-electron chi connectivity index (χ4n) is 3.48. The molecule has 4 amide bonds. The van der Waals surface area contributed by atoms with Gasteiger partial charge in [-0.15, -0.1) is 0 Å². The summed E-state index contributed by atoms with van der Waals surface area (Å²) in [7, 11) is -4.08. The van der Waals surface area contributed by atoms with E-state index < -0.39 is 28.0 Å². The number of anilines is 1. The highest BCUT2D eigenvalue weighted by Gasteiger charge is 2.36. The summed E-state index contributed by atoms with van der Waals surface area (Å²) in [4.78, 5) is 38.8. The van der Waals surface area contributed by atoms with Crippen LogP contribution in [0.2, 0.25) is 0 Å². The molecule has 0 atom stereocenters. The second-order valence-corrected chi connectivity index (χ2v) is 9.45. The van der Waals surface area contributed by atoms with Gasteiger partial charge in [-0.25, -0.2) is 9.69 Å². The first-order chi connectivity index (χ1) is 16.7. The van der Waals surface area contributed by atoms with Gasteiger partial charge in [-0.1, -0.05) is 48.9 Å². The van der Waals surface area contributed by atoms with Gasteiger partial charge >= 0.3 is 16.1 Å². The van der Waals surface area contributed by atoms with E-state index in [0.717, 1.165) is 22.4 Å². The molecule has 3 aromatic rings. The van der Waals surface area contributed by atoms with Crippen LogP contribution in [-0.4, -0.2) is 26.3 Å². The quantitative estimate of drug-likeness (QED) is 0.318. The SMILES string of the molecule is CCc1ccc(N2C(=O)NC(=O)/C(=C/c3cccc(OS(=O)(=O)c4ccc(C)cc4)c3)C2=O)cc1. The third-order valence-electron chi connectivity index (χ3n) is 5.39. The Morgan fingerprint density at radius 3 is 2.29 bits per heavy atom. The van der Waals surface area contributed by atoms with E-state index in [1.807, 2.05) is 13.8 Å². The Morgan fingerprint density at radius 2 is 1.63 bits per heavy atom. The molecule has 0 saturated carbocycles. The maximum Gasteiger partial charge on any atom is 0.339 e. The number of nitrogens with zero attached hydrogens (tertiary/aromatic N) is 1. The topological polar surface area (TPSA) is 110 Å². The third-order valence-corrected chi connectivity index (χ3v) is 6.65. The molecule has 1 aliphatic rings. The lowest BCUT2D eigenvalue weighted by Crippen LogP contribution is -2.54. The maximum atomic E-state index is 13.1. The van der Waals surface area contributed by atoms with E-state index in [0.29, 0.717) is 11.3 Å². The Balaban J connectivity index is 1.62. The van der Waals surface area contributed by atoms with Gasteiger partial charge in [0, 0.05) is 0 Å². The van der Waals surface area contributed by atoms with E-state index in [9.17, 15) is 22.8 Å². The zero-order valence-corrected chi connectivity index (χ0v) is 19.8. The monoisotopic (exact) mass is 490 g/mol. The minimum Gasteiger partial charge on any atom is -0.379 e. The lowest BCUT2D eigenvalue weighted by atomic mass is 10.1. The first-order valence-electron chi connectivity index (χ1n) is 10.8. The van der Waals surface area contributed by atoms with E-state index >= 15 is 0 Å². The van der Waals surface area contributed by atoms with Gasteiger partial charge in [-0.2, -0.15) is 8.42 Å². The average molecular weight is 491 g/mol. The van der Waals surface area contributed by atoms with Gasteiger partial charge < -0.3 is 4.18 Å². The van der Waals surface area contributed by atoms with Crippen LogP contribution in [-0.2, 0) is 26.1 Å². The summed E-state index contributed by atoms with van der Waals surface area (Å²) in [5, 5.41) is 2.17. The van der Waals surface area contributed by atoms with Crippen molar-refractivity contribution >= 4 is 39.7 Å². The van der Waals surface area contributed by atoms with Crippen molar-refractivity contribution in [1.29, 1.82) is 0 Å². The van der Waals surface area contributed by atoms with Gasteiger partial charge in [0.2, 0.25) is 0 Å². The largest absolute Gasteiger partial charge is 0.379 e. The fraction of sp³-hybridized carbons (Fsp3) is 0.115. The molecular formula is C26H22N2O6S. The lowest BCUT2D eigenvalue weighted by molar-refractivity contribution is -0.122. The first-order valence-corrected chi connectivity index (χ1v) is 12.2. The van der Waals surface area contributed by atoms with Crippen molar-refractivity contribution < 1.29 is 27.0 Å². The highest BCUT2D eigenvalue weighted by atomic mass is 32.2. The van der Waals surface area contributed by atoms with Crippen molar-refractivity contribution in [3.8, 4) is 5.75 Å². The molecule has 1 N–H and O–H groups in total. The predicted molar refractivity (Wildman–Crippen MR) is 130 cm³/mol. The summed E-state index contributed by atoms with van der Waals surface area (Å²) < 4.78 is 30.4. The predicted octanol–water partition coefficient (Wildman–Crippen LogP) is 3.99. The molecule has 0 spiro atoms. The molecule has 4 rings (SSSR count). The van der Waals surface area contributed by atoms with Crippen molar-refractivity contribution in [1.82, 2.24) is 5.32 Å². The van der Waals surface area contributed by atoms with Crippen molar-refractivity contribution in [2.45, 2.75) is 25.2 Å². The fourth-order valence-corrected chi connectivity index (χ4v) is 4.40. The molecule has 0 radical (unpaired) electrons. The lowest BCUT2D eigenvalue weighted by Gasteiger charge is -2.26. The zero-order chi connectivity index (χ0) is 25.2. The van der Waals surface area contributed by atoms with Gasteiger partial charge in [0.25, 0.3) is 11.8 Å². The molecule has 1 fully saturated rings. The number of benzene rings is 3. The van der Waals surface area contributed by atoms with Crippen LogP contribution < -0.4 is 14.4 Å². The van der Waals surface area contributed by atoms with E-state index in [1.54, 1.807) is 42.5 Å². The highest BCUT2D eigenvalue weighted by molar-refractivity contribution is 7.87. The summed E-state index contributed by atoms with van der Waals surface area (Å²) in [6.45, 7) is 3.82. The van der Waals surface area contributed by atoms with E-state index in [2.05, 4.69) is 5.32 Å². The van der Waals surface area contributed by atoms with Gasteiger partial charge in [0.05, 0.1) is 5.69 Å². The molecule has 1 aliphatic heterocycles. The summed E-state index contributed by atoms with van der Waals surface area (Å²) >= 11 is 0.